The Morgan fingerprint density at radius 3 is 2.67 bits per heavy atom. The van der Waals surface area contributed by atoms with Gasteiger partial charge >= 0.3 is 0 Å². The van der Waals surface area contributed by atoms with Gasteiger partial charge in [0.1, 0.15) is 5.75 Å². The molecule has 5 nitrogen and oxygen atoms in total. The van der Waals surface area contributed by atoms with Crippen LogP contribution < -0.4 is 15.4 Å². The summed E-state index contributed by atoms with van der Waals surface area (Å²) in [6.45, 7) is -0.0400. The van der Waals surface area contributed by atoms with Gasteiger partial charge in [-0.2, -0.15) is 8.78 Å². The Kier molecular flexibility index (Phi) is 4.66. The maximum absolute atomic E-state index is 12.3. The van der Waals surface area contributed by atoms with Crippen LogP contribution in [0.1, 0.15) is 10.4 Å². The lowest BCUT2D eigenvalue weighted by Crippen LogP contribution is -2.25. The minimum absolute atomic E-state index is 0.0400. The zero-order chi connectivity index (χ0) is 17.1. The molecule has 1 heterocycles. The second-order valence-corrected chi connectivity index (χ2v) is 5.97. The number of hydrogen-bond donors (Lipinski definition) is 2. The third-order valence-corrected chi connectivity index (χ3v) is 3.93. The summed E-state index contributed by atoms with van der Waals surface area (Å²) in [5.41, 5.74) is 1.30. The van der Waals surface area contributed by atoms with Crippen molar-refractivity contribution in [3.63, 3.8) is 0 Å². The van der Waals surface area contributed by atoms with Gasteiger partial charge < -0.3 is 15.4 Å². The van der Waals surface area contributed by atoms with Crippen LogP contribution in [0.4, 0.5) is 20.2 Å². The number of benzene rings is 2. The number of fused-ring (bicyclic) bond motifs is 1. The van der Waals surface area contributed by atoms with Crippen molar-refractivity contribution in [3.05, 3.63) is 48.0 Å². The van der Waals surface area contributed by atoms with Crippen molar-refractivity contribution < 1.29 is 23.1 Å². The number of nitrogens with one attached hydrogen (secondary N) is 2. The van der Waals surface area contributed by atoms with Crippen LogP contribution >= 0.6 is 11.8 Å². The molecule has 2 N–H and O–H groups in total. The first-order chi connectivity index (χ1) is 11.5. The number of ether oxygens (including phenoxy) is 1. The Bertz CT molecular complexity index is 781. The van der Waals surface area contributed by atoms with E-state index in [2.05, 4.69) is 10.6 Å². The van der Waals surface area contributed by atoms with E-state index in [-0.39, 0.29) is 18.4 Å². The largest absolute Gasteiger partial charge is 0.482 e. The van der Waals surface area contributed by atoms with Gasteiger partial charge in [0.2, 0.25) is 0 Å². The van der Waals surface area contributed by atoms with Gasteiger partial charge in [-0.25, -0.2) is 0 Å². The average Bonchev–Trinajstić information content (AvgIpc) is 2.54. The number of halogens is 2. The zero-order valence-electron chi connectivity index (χ0n) is 12.2. The number of thioether (sulfide) groups is 1. The van der Waals surface area contributed by atoms with E-state index < -0.39 is 5.76 Å². The van der Waals surface area contributed by atoms with Crippen LogP contribution in [0.5, 0.6) is 5.75 Å². The van der Waals surface area contributed by atoms with Crippen molar-refractivity contribution in [1.29, 1.82) is 0 Å². The maximum atomic E-state index is 12.3. The molecule has 2 aromatic carbocycles. The summed E-state index contributed by atoms with van der Waals surface area (Å²) < 4.78 is 29.8. The first-order valence-corrected chi connectivity index (χ1v) is 7.82. The highest BCUT2D eigenvalue weighted by Gasteiger charge is 2.16. The van der Waals surface area contributed by atoms with Crippen LogP contribution in [0.15, 0.2) is 47.4 Å². The summed E-state index contributed by atoms with van der Waals surface area (Å²) >= 11 is 0.419. The van der Waals surface area contributed by atoms with E-state index in [1.807, 2.05) is 0 Å². The van der Waals surface area contributed by atoms with Gasteiger partial charge in [-0.1, -0.05) is 11.8 Å². The Balaban J connectivity index is 1.70. The summed E-state index contributed by atoms with van der Waals surface area (Å²) in [7, 11) is 0. The van der Waals surface area contributed by atoms with E-state index in [1.54, 1.807) is 18.2 Å². The molecule has 2 aromatic rings. The minimum Gasteiger partial charge on any atom is -0.482 e. The number of carbonyl (C=O) groups is 2. The summed E-state index contributed by atoms with van der Waals surface area (Å²) in [4.78, 5) is 23.9. The normalized spacial score (nSPS) is 13.0. The van der Waals surface area contributed by atoms with Gasteiger partial charge in [0.15, 0.2) is 6.61 Å². The molecule has 0 unspecified atom stereocenters. The standard InChI is InChI=1S/C16H12F2N2O3S/c17-16(18)24-11-4-1-9(2-5-11)15(22)19-10-3-6-13-12(7-10)20-14(21)8-23-13/h1-7,16H,8H2,(H,19,22)(H,20,21). The van der Waals surface area contributed by atoms with Crippen LogP contribution in [0, 0.1) is 0 Å². The Hall–Kier alpha value is -2.61. The summed E-state index contributed by atoms with van der Waals surface area (Å²) in [6, 6.07) is 10.8. The Labute approximate surface area is 140 Å². The van der Waals surface area contributed by atoms with Crippen molar-refractivity contribution in [2.75, 3.05) is 17.2 Å². The van der Waals surface area contributed by atoms with Gasteiger partial charge in [-0.3, -0.25) is 9.59 Å². The molecule has 0 radical (unpaired) electrons. The topological polar surface area (TPSA) is 67.4 Å². The quantitative estimate of drug-likeness (QED) is 0.827. The van der Waals surface area contributed by atoms with Crippen LogP contribution in [0.25, 0.3) is 0 Å². The number of rotatable bonds is 4. The molecule has 1 aliphatic rings. The van der Waals surface area contributed by atoms with E-state index in [0.29, 0.717) is 39.3 Å². The fourth-order valence-corrected chi connectivity index (χ4v) is 2.65. The first kappa shape index (κ1) is 16.3. The maximum Gasteiger partial charge on any atom is 0.288 e. The third kappa shape index (κ3) is 3.83. The second-order valence-electron chi connectivity index (χ2n) is 4.90. The fraction of sp³-hybridized carbons (Fsp3) is 0.125. The van der Waals surface area contributed by atoms with Crippen molar-refractivity contribution in [2.45, 2.75) is 10.7 Å². The number of carbonyl (C=O) groups excluding carboxylic acids is 2. The lowest BCUT2D eigenvalue weighted by atomic mass is 10.2. The second kappa shape index (κ2) is 6.88. The monoisotopic (exact) mass is 350 g/mol. The highest BCUT2D eigenvalue weighted by Crippen LogP contribution is 2.30. The van der Waals surface area contributed by atoms with E-state index in [0.717, 1.165) is 0 Å². The highest BCUT2D eigenvalue weighted by atomic mass is 32.2. The van der Waals surface area contributed by atoms with E-state index in [9.17, 15) is 18.4 Å². The number of amides is 2. The fourth-order valence-electron chi connectivity index (χ4n) is 2.15. The van der Waals surface area contributed by atoms with Crippen LogP contribution in [-0.2, 0) is 4.79 Å². The SMILES string of the molecule is O=C1COc2ccc(NC(=O)c3ccc(SC(F)F)cc3)cc2N1. The molecule has 1 aliphatic heterocycles. The first-order valence-electron chi connectivity index (χ1n) is 6.94. The van der Waals surface area contributed by atoms with Gasteiger partial charge in [-0.15, -0.1) is 0 Å². The van der Waals surface area contributed by atoms with Crippen LogP contribution in [-0.4, -0.2) is 24.2 Å². The summed E-state index contributed by atoms with van der Waals surface area (Å²) in [5, 5.41) is 5.33. The Morgan fingerprint density at radius 2 is 1.96 bits per heavy atom. The van der Waals surface area contributed by atoms with Crippen molar-refractivity contribution in [2.24, 2.45) is 0 Å². The number of alkyl halides is 2. The average molecular weight is 350 g/mol. The summed E-state index contributed by atoms with van der Waals surface area (Å²) in [5.74, 6) is -2.62. The van der Waals surface area contributed by atoms with Gasteiger partial charge in [0.05, 0.1) is 5.69 Å². The van der Waals surface area contributed by atoms with Crippen molar-refractivity contribution in [3.8, 4) is 5.75 Å². The molecule has 0 atom stereocenters. The number of anilines is 2. The lowest BCUT2D eigenvalue weighted by molar-refractivity contribution is -0.118. The lowest BCUT2D eigenvalue weighted by Gasteiger charge is -2.18. The van der Waals surface area contributed by atoms with Crippen LogP contribution in [0.2, 0.25) is 0 Å². The number of hydrogen-bond acceptors (Lipinski definition) is 4. The molecule has 0 spiro atoms. The smallest absolute Gasteiger partial charge is 0.288 e. The molecular weight excluding hydrogens is 338 g/mol. The van der Waals surface area contributed by atoms with Crippen molar-refractivity contribution >= 4 is 35.0 Å². The Morgan fingerprint density at radius 1 is 1.21 bits per heavy atom. The van der Waals surface area contributed by atoms with E-state index >= 15 is 0 Å². The van der Waals surface area contributed by atoms with E-state index in [1.165, 1.54) is 24.3 Å². The van der Waals surface area contributed by atoms with Gasteiger partial charge in [0.25, 0.3) is 17.6 Å². The molecule has 0 saturated carbocycles. The molecule has 0 aliphatic carbocycles. The molecule has 2 amide bonds. The summed E-state index contributed by atoms with van der Waals surface area (Å²) in [6.07, 6.45) is 0. The zero-order valence-corrected chi connectivity index (χ0v) is 13.0. The molecule has 0 aromatic heterocycles. The molecule has 0 bridgehead atoms. The predicted octanol–water partition coefficient (Wildman–Crippen LogP) is 3.58. The molecule has 124 valence electrons. The van der Waals surface area contributed by atoms with Gasteiger partial charge in [-0.05, 0) is 42.5 Å². The van der Waals surface area contributed by atoms with Gasteiger partial charge in [0, 0.05) is 16.1 Å². The molecule has 0 fully saturated rings. The third-order valence-electron chi connectivity index (χ3n) is 3.21. The molecule has 0 saturated heterocycles. The van der Waals surface area contributed by atoms with Crippen molar-refractivity contribution in [1.82, 2.24) is 0 Å². The predicted molar refractivity (Wildman–Crippen MR) is 86.8 cm³/mol. The highest BCUT2D eigenvalue weighted by molar-refractivity contribution is 7.99. The van der Waals surface area contributed by atoms with Crippen LogP contribution in [0.3, 0.4) is 0 Å². The molecule has 24 heavy (non-hydrogen) atoms. The molecular formula is C16H12F2N2O3S. The minimum atomic E-state index is -2.50. The molecule has 3 rings (SSSR count). The van der Waals surface area contributed by atoms with E-state index in [4.69, 9.17) is 4.74 Å². The molecule has 8 heteroatoms.